The molecule has 0 aliphatic carbocycles. The van der Waals surface area contributed by atoms with Crippen LogP contribution in [0.1, 0.15) is 29.3 Å². The van der Waals surface area contributed by atoms with Gasteiger partial charge >= 0.3 is 0 Å². The molecule has 5 nitrogen and oxygen atoms in total. The van der Waals surface area contributed by atoms with Gasteiger partial charge in [0.2, 0.25) is 0 Å². The smallest absolute Gasteiger partial charge is 0.251 e. The molecule has 0 saturated heterocycles. The van der Waals surface area contributed by atoms with Crippen molar-refractivity contribution in [1.82, 2.24) is 19.9 Å². The monoisotopic (exact) mass is 334 g/mol. The van der Waals surface area contributed by atoms with Gasteiger partial charge in [-0.25, -0.2) is 4.98 Å². The van der Waals surface area contributed by atoms with Crippen LogP contribution in [0.25, 0.3) is 11.1 Å². The molecule has 1 aromatic carbocycles. The molecule has 3 rings (SSSR count). The van der Waals surface area contributed by atoms with Crippen molar-refractivity contribution in [1.29, 1.82) is 0 Å². The molecule has 0 bridgehead atoms. The number of imidazole rings is 1. The highest BCUT2D eigenvalue weighted by atomic mass is 16.1. The summed E-state index contributed by atoms with van der Waals surface area (Å²) in [6, 6.07) is 9.75. The minimum Gasteiger partial charge on any atom is -0.348 e. The van der Waals surface area contributed by atoms with Crippen LogP contribution in [-0.2, 0) is 6.54 Å². The van der Waals surface area contributed by atoms with Gasteiger partial charge in [-0.05, 0) is 48.2 Å². The average molecular weight is 334 g/mol. The summed E-state index contributed by atoms with van der Waals surface area (Å²) in [4.78, 5) is 20.8. The SMILES string of the molecule is CCC(Cn1ccnc1)NC(=O)c1cccc(-c2ccncc2C)c1. The number of nitrogens with zero attached hydrogens (tertiary/aromatic N) is 3. The summed E-state index contributed by atoms with van der Waals surface area (Å²) < 4.78 is 1.98. The molecule has 1 N–H and O–H groups in total. The summed E-state index contributed by atoms with van der Waals surface area (Å²) in [7, 11) is 0. The van der Waals surface area contributed by atoms with E-state index in [1.165, 1.54) is 0 Å². The second-order valence-corrected chi connectivity index (χ2v) is 6.11. The normalized spacial score (nSPS) is 11.9. The zero-order valence-electron chi connectivity index (χ0n) is 14.5. The first-order valence-electron chi connectivity index (χ1n) is 8.45. The van der Waals surface area contributed by atoms with Gasteiger partial charge in [-0.1, -0.05) is 19.1 Å². The number of aromatic nitrogens is 3. The largest absolute Gasteiger partial charge is 0.348 e. The quantitative estimate of drug-likeness (QED) is 0.751. The lowest BCUT2D eigenvalue weighted by molar-refractivity contribution is 0.0932. The molecular weight excluding hydrogens is 312 g/mol. The fourth-order valence-electron chi connectivity index (χ4n) is 2.82. The number of pyridine rings is 1. The molecule has 0 fully saturated rings. The van der Waals surface area contributed by atoms with Gasteiger partial charge in [-0.3, -0.25) is 9.78 Å². The van der Waals surface area contributed by atoms with E-state index in [1.54, 1.807) is 18.7 Å². The van der Waals surface area contributed by atoms with E-state index in [9.17, 15) is 4.79 Å². The van der Waals surface area contributed by atoms with Crippen molar-refractivity contribution in [3.63, 3.8) is 0 Å². The van der Waals surface area contributed by atoms with Crippen LogP contribution in [0.3, 0.4) is 0 Å². The number of hydrogen-bond donors (Lipinski definition) is 1. The van der Waals surface area contributed by atoms with Gasteiger partial charge in [0, 0.05) is 42.9 Å². The van der Waals surface area contributed by atoms with Crippen LogP contribution in [0, 0.1) is 6.92 Å². The van der Waals surface area contributed by atoms with E-state index in [0.29, 0.717) is 12.1 Å². The summed E-state index contributed by atoms with van der Waals surface area (Å²) in [5.74, 6) is -0.0551. The minimum absolute atomic E-state index is 0.0551. The molecular formula is C20H22N4O. The van der Waals surface area contributed by atoms with Crippen LogP contribution in [0.15, 0.2) is 61.4 Å². The Labute approximate surface area is 147 Å². The number of aryl methyl sites for hydroxylation is 1. The standard InChI is InChI=1S/C20H22N4O/c1-3-18(13-24-10-9-22-14-24)23-20(25)17-6-4-5-16(11-17)19-7-8-21-12-15(19)2/h4-12,14,18H,3,13H2,1-2H3,(H,23,25). The average Bonchev–Trinajstić information content (AvgIpc) is 3.14. The second kappa shape index (κ2) is 7.75. The number of carbonyl (C=O) groups excluding carboxylic acids is 1. The van der Waals surface area contributed by atoms with Gasteiger partial charge in [0.1, 0.15) is 0 Å². The molecule has 5 heteroatoms. The van der Waals surface area contributed by atoms with E-state index in [1.807, 2.05) is 54.2 Å². The predicted molar refractivity (Wildman–Crippen MR) is 98.2 cm³/mol. The molecule has 0 aliphatic heterocycles. The molecule has 2 aromatic heterocycles. The van der Waals surface area contributed by atoms with Gasteiger partial charge < -0.3 is 9.88 Å². The Morgan fingerprint density at radius 1 is 1.24 bits per heavy atom. The van der Waals surface area contributed by atoms with Crippen molar-refractivity contribution in [2.75, 3.05) is 0 Å². The third-order valence-electron chi connectivity index (χ3n) is 4.27. The molecule has 0 radical (unpaired) electrons. The van der Waals surface area contributed by atoms with Crippen LogP contribution in [0.4, 0.5) is 0 Å². The summed E-state index contributed by atoms with van der Waals surface area (Å²) in [5, 5.41) is 3.11. The molecule has 25 heavy (non-hydrogen) atoms. The van der Waals surface area contributed by atoms with Gasteiger partial charge in [0.05, 0.1) is 6.33 Å². The lowest BCUT2D eigenvalue weighted by Crippen LogP contribution is -2.37. The maximum atomic E-state index is 12.7. The molecule has 0 spiro atoms. The maximum absolute atomic E-state index is 12.7. The van der Waals surface area contributed by atoms with Gasteiger partial charge in [0.25, 0.3) is 5.91 Å². The maximum Gasteiger partial charge on any atom is 0.251 e. The Kier molecular flexibility index (Phi) is 5.23. The number of carbonyl (C=O) groups is 1. The predicted octanol–water partition coefficient (Wildman–Crippen LogP) is 3.46. The fourth-order valence-corrected chi connectivity index (χ4v) is 2.82. The summed E-state index contributed by atoms with van der Waals surface area (Å²) in [5.41, 5.74) is 3.87. The first-order valence-corrected chi connectivity index (χ1v) is 8.45. The highest BCUT2D eigenvalue weighted by molar-refractivity contribution is 5.95. The Morgan fingerprint density at radius 3 is 2.84 bits per heavy atom. The van der Waals surface area contributed by atoms with Crippen molar-refractivity contribution in [2.24, 2.45) is 0 Å². The van der Waals surface area contributed by atoms with Crippen LogP contribution in [0.5, 0.6) is 0 Å². The van der Waals surface area contributed by atoms with Crippen molar-refractivity contribution >= 4 is 5.91 Å². The number of hydrogen-bond acceptors (Lipinski definition) is 3. The highest BCUT2D eigenvalue weighted by Gasteiger charge is 2.13. The fraction of sp³-hybridized carbons (Fsp3) is 0.250. The van der Waals surface area contributed by atoms with Crippen LogP contribution < -0.4 is 5.32 Å². The van der Waals surface area contributed by atoms with Crippen LogP contribution in [0.2, 0.25) is 0 Å². The van der Waals surface area contributed by atoms with Crippen molar-refractivity contribution in [3.05, 3.63) is 72.6 Å². The third-order valence-corrected chi connectivity index (χ3v) is 4.27. The van der Waals surface area contributed by atoms with Crippen LogP contribution >= 0.6 is 0 Å². The Hall–Kier alpha value is -2.95. The van der Waals surface area contributed by atoms with E-state index in [0.717, 1.165) is 23.1 Å². The van der Waals surface area contributed by atoms with E-state index in [4.69, 9.17) is 0 Å². The Balaban J connectivity index is 1.76. The second-order valence-electron chi connectivity index (χ2n) is 6.11. The zero-order valence-corrected chi connectivity index (χ0v) is 14.5. The molecule has 2 heterocycles. The van der Waals surface area contributed by atoms with E-state index in [2.05, 4.69) is 22.2 Å². The molecule has 128 valence electrons. The molecule has 0 saturated carbocycles. The molecule has 1 atom stereocenters. The van der Waals surface area contributed by atoms with Gasteiger partial charge in [-0.2, -0.15) is 0 Å². The van der Waals surface area contributed by atoms with Crippen molar-refractivity contribution < 1.29 is 4.79 Å². The molecule has 1 amide bonds. The van der Waals surface area contributed by atoms with E-state index < -0.39 is 0 Å². The topological polar surface area (TPSA) is 59.8 Å². The first kappa shape index (κ1) is 16.9. The van der Waals surface area contributed by atoms with Gasteiger partial charge in [0.15, 0.2) is 0 Å². The van der Waals surface area contributed by atoms with Crippen molar-refractivity contribution in [3.8, 4) is 11.1 Å². The highest BCUT2D eigenvalue weighted by Crippen LogP contribution is 2.23. The zero-order chi connectivity index (χ0) is 17.6. The lowest BCUT2D eigenvalue weighted by Gasteiger charge is -2.18. The summed E-state index contributed by atoms with van der Waals surface area (Å²) >= 11 is 0. The lowest BCUT2D eigenvalue weighted by atomic mass is 10.0. The van der Waals surface area contributed by atoms with Crippen molar-refractivity contribution in [2.45, 2.75) is 32.9 Å². The molecule has 0 aliphatic rings. The van der Waals surface area contributed by atoms with E-state index in [-0.39, 0.29) is 11.9 Å². The van der Waals surface area contributed by atoms with Crippen LogP contribution in [-0.4, -0.2) is 26.5 Å². The number of benzene rings is 1. The summed E-state index contributed by atoms with van der Waals surface area (Å²) in [6.45, 7) is 4.80. The Morgan fingerprint density at radius 2 is 2.12 bits per heavy atom. The van der Waals surface area contributed by atoms with E-state index >= 15 is 0 Å². The molecule has 3 aromatic rings. The number of rotatable bonds is 6. The first-order chi connectivity index (χ1) is 12.2. The summed E-state index contributed by atoms with van der Waals surface area (Å²) in [6.07, 6.45) is 9.87. The van der Waals surface area contributed by atoms with Gasteiger partial charge in [-0.15, -0.1) is 0 Å². The Bertz CT molecular complexity index is 842. The third kappa shape index (κ3) is 4.12. The number of nitrogens with one attached hydrogen (secondary N) is 1. The minimum atomic E-state index is -0.0551. The molecule has 1 unspecified atom stereocenters. The number of amides is 1.